The fourth-order valence-electron chi connectivity index (χ4n) is 2.47. The quantitative estimate of drug-likeness (QED) is 0.786. The number of carboxylic acid groups (broad SMARTS) is 1. The molecule has 0 unspecified atom stereocenters. The molecule has 5 nitrogen and oxygen atoms in total. The molecule has 2 rings (SSSR count). The van der Waals surface area contributed by atoms with Gasteiger partial charge in [0.15, 0.2) is 0 Å². The smallest absolute Gasteiger partial charge is 0.407 e. The lowest BCUT2D eigenvalue weighted by atomic mass is 10.1. The summed E-state index contributed by atoms with van der Waals surface area (Å²) in [7, 11) is 0. The number of aromatic nitrogens is 1. The molecule has 1 heterocycles. The summed E-state index contributed by atoms with van der Waals surface area (Å²) in [4.78, 5) is 17.1. The minimum absolute atomic E-state index is 0.0934. The third-order valence-electron chi connectivity index (χ3n) is 3.62. The summed E-state index contributed by atoms with van der Waals surface area (Å²) in [6.07, 6.45) is 2.91. The topological polar surface area (TPSA) is 73.7 Å². The Kier molecular flexibility index (Phi) is 6.56. The molecule has 23 heavy (non-hydrogen) atoms. The van der Waals surface area contributed by atoms with Crippen molar-refractivity contribution in [2.45, 2.75) is 25.8 Å². The number of hydrogen-bond donors (Lipinski definition) is 2. The molecule has 0 spiro atoms. The van der Waals surface area contributed by atoms with E-state index in [0.717, 1.165) is 29.7 Å². The average molecular weight is 314 g/mol. The van der Waals surface area contributed by atoms with Crippen molar-refractivity contribution >= 4 is 6.09 Å². The van der Waals surface area contributed by atoms with E-state index in [9.17, 15) is 9.90 Å². The molecule has 2 N–H and O–H groups in total. The van der Waals surface area contributed by atoms with Gasteiger partial charge in [-0.2, -0.15) is 0 Å². The number of aryl methyl sites for hydroxylation is 1. The van der Waals surface area contributed by atoms with E-state index in [1.807, 2.05) is 42.5 Å². The Morgan fingerprint density at radius 1 is 1.09 bits per heavy atom. The number of amides is 1. The molecule has 0 atom stereocenters. The van der Waals surface area contributed by atoms with Crippen molar-refractivity contribution in [1.82, 2.24) is 9.88 Å². The summed E-state index contributed by atoms with van der Waals surface area (Å²) < 4.78 is 0. The standard InChI is InChI=1S/C18H22N2O3/c21-12-9-15-5-3-6-16(13-15)14-20(18(22)23)11-4-8-17-7-1-2-10-19-17/h1-3,5-7,10,13,21H,4,8-9,11-12,14H2,(H,22,23). The zero-order chi connectivity index (χ0) is 16.5. The van der Waals surface area contributed by atoms with Crippen LogP contribution in [0.15, 0.2) is 48.7 Å². The van der Waals surface area contributed by atoms with Crippen molar-refractivity contribution in [3.05, 3.63) is 65.5 Å². The van der Waals surface area contributed by atoms with Crippen molar-refractivity contribution in [1.29, 1.82) is 0 Å². The van der Waals surface area contributed by atoms with Crippen LogP contribution in [-0.2, 0) is 19.4 Å². The lowest BCUT2D eigenvalue weighted by Gasteiger charge is -2.19. The van der Waals surface area contributed by atoms with E-state index in [0.29, 0.717) is 19.5 Å². The Morgan fingerprint density at radius 2 is 1.91 bits per heavy atom. The highest BCUT2D eigenvalue weighted by Gasteiger charge is 2.12. The predicted molar refractivity (Wildman–Crippen MR) is 88.2 cm³/mol. The Labute approximate surface area is 136 Å². The van der Waals surface area contributed by atoms with E-state index in [4.69, 9.17) is 5.11 Å². The van der Waals surface area contributed by atoms with Crippen LogP contribution in [0.4, 0.5) is 4.79 Å². The van der Waals surface area contributed by atoms with Crippen LogP contribution in [-0.4, -0.2) is 39.3 Å². The maximum absolute atomic E-state index is 11.4. The fourth-order valence-corrected chi connectivity index (χ4v) is 2.47. The average Bonchev–Trinajstić information content (AvgIpc) is 2.55. The highest BCUT2D eigenvalue weighted by Crippen LogP contribution is 2.10. The fraction of sp³-hybridized carbons (Fsp3) is 0.333. The molecule has 0 saturated carbocycles. The molecular weight excluding hydrogens is 292 g/mol. The maximum atomic E-state index is 11.4. The molecule has 5 heteroatoms. The SMILES string of the molecule is O=C(O)N(CCCc1ccccn1)Cc1cccc(CCO)c1. The van der Waals surface area contributed by atoms with E-state index >= 15 is 0 Å². The summed E-state index contributed by atoms with van der Waals surface area (Å²) in [6.45, 7) is 0.920. The van der Waals surface area contributed by atoms with Gasteiger partial charge in [-0.05, 0) is 42.5 Å². The van der Waals surface area contributed by atoms with Gasteiger partial charge in [0.25, 0.3) is 0 Å². The van der Waals surface area contributed by atoms with E-state index in [2.05, 4.69) is 4.98 Å². The van der Waals surface area contributed by atoms with Gasteiger partial charge in [-0.15, -0.1) is 0 Å². The monoisotopic (exact) mass is 314 g/mol. The second kappa shape index (κ2) is 8.90. The first kappa shape index (κ1) is 17.0. The number of aliphatic hydroxyl groups excluding tert-OH is 1. The number of pyridine rings is 1. The summed E-state index contributed by atoms with van der Waals surface area (Å²) in [6, 6.07) is 13.4. The van der Waals surface area contributed by atoms with Crippen LogP contribution in [0.2, 0.25) is 0 Å². The molecule has 0 saturated heterocycles. The number of nitrogens with zero attached hydrogens (tertiary/aromatic N) is 2. The van der Waals surface area contributed by atoms with Gasteiger partial charge in [-0.1, -0.05) is 30.3 Å². The molecule has 122 valence electrons. The number of aliphatic hydroxyl groups is 1. The summed E-state index contributed by atoms with van der Waals surface area (Å²) in [5, 5.41) is 18.4. The highest BCUT2D eigenvalue weighted by atomic mass is 16.4. The van der Waals surface area contributed by atoms with Crippen molar-refractivity contribution in [3.8, 4) is 0 Å². The van der Waals surface area contributed by atoms with Crippen LogP contribution in [0, 0.1) is 0 Å². The second-order valence-corrected chi connectivity index (χ2v) is 5.42. The lowest BCUT2D eigenvalue weighted by molar-refractivity contribution is 0.141. The second-order valence-electron chi connectivity index (χ2n) is 5.42. The molecule has 1 aromatic carbocycles. The first-order valence-electron chi connectivity index (χ1n) is 7.75. The number of hydrogen-bond acceptors (Lipinski definition) is 3. The van der Waals surface area contributed by atoms with Crippen LogP contribution >= 0.6 is 0 Å². The van der Waals surface area contributed by atoms with Gasteiger partial charge in [0.2, 0.25) is 0 Å². The molecule has 0 aliphatic rings. The zero-order valence-electron chi connectivity index (χ0n) is 13.1. The summed E-state index contributed by atoms with van der Waals surface area (Å²) in [5.41, 5.74) is 2.93. The number of carbonyl (C=O) groups is 1. The number of benzene rings is 1. The van der Waals surface area contributed by atoms with Crippen molar-refractivity contribution in [2.24, 2.45) is 0 Å². The molecular formula is C18H22N2O3. The predicted octanol–water partition coefficient (Wildman–Crippen LogP) is 2.73. The van der Waals surface area contributed by atoms with Gasteiger partial charge in [-0.25, -0.2) is 4.79 Å². The molecule has 0 aliphatic heterocycles. The van der Waals surface area contributed by atoms with Crippen LogP contribution in [0.5, 0.6) is 0 Å². The van der Waals surface area contributed by atoms with Crippen LogP contribution in [0.3, 0.4) is 0 Å². The van der Waals surface area contributed by atoms with E-state index in [1.165, 1.54) is 4.90 Å². The molecule has 1 amide bonds. The molecule has 0 aliphatic carbocycles. The van der Waals surface area contributed by atoms with E-state index in [-0.39, 0.29) is 6.61 Å². The maximum Gasteiger partial charge on any atom is 0.407 e. The van der Waals surface area contributed by atoms with Crippen molar-refractivity contribution < 1.29 is 15.0 Å². The first-order valence-corrected chi connectivity index (χ1v) is 7.75. The lowest BCUT2D eigenvalue weighted by Crippen LogP contribution is -2.30. The van der Waals surface area contributed by atoms with Crippen LogP contribution < -0.4 is 0 Å². The minimum atomic E-state index is -0.918. The third-order valence-corrected chi connectivity index (χ3v) is 3.62. The highest BCUT2D eigenvalue weighted by molar-refractivity contribution is 5.65. The van der Waals surface area contributed by atoms with Gasteiger partial charge in [0.05, 0.1) is 0 Å². The summed E-state index contributed by atoms with van der Waals surface area (Å²) >= 11 is 0. The normalized spacial score (nSPS) is 10.5. The van der Waals surface area contributed by atoms with Gasteiger partial charge in [0.1, 0.15) is 0 Å². The number of rotatable bonds is 8. The van der Waals surface area contributed by atoms with Crippen molar-refractivity contribution in [2.75, 3.05) is 13.2 Å². The molecule has 0 fully saturated rings. The van der Waals surface area contributed by atoms with Crippen LogP contribution in [0.1, 0.15) is 23.2 Å². The molecule has 1 aromatic heterocycles. The van der Waals surface area contributed by atoms with Crippen LogP contribution in [0.25, 0.3) is 0 Å². The Balaban J connectivity index is 1.91. The van der Waals surface area contributed by atoms with Gasteiger partial charge < -0.3 is 15.1 Å². The Hall–Kier alpha value is -2.40. The van der Waals surface area contributed by atoms with Gasteiger partial charge in [0, 0.05) is 31.6 Å². The largest absolute Gasteiger partial charge is 0.465 e. The minimum Gasteiger partial charge on any atom is -0.465 e. The molecule has 0 radical (unpaired) electrons. The van der Waals surface area contributed by atoms with Crippen molar-refractivity contribution in [3.63, 3.8) is 0 Å². The Morgan fingerprint density at radius 3 is 2.61 bits per heavy atom. The molecule has 0 bridgehead atoms. The third kappa shape index (κ3) is 5.71. The summed E-state index contributed by atoms with van der Waals surface area (Å²) in [5.74, 6) is 0. The first-order chi connectivity index (χ1) is 11.2. The van der Waals surface area contributed by atoms with Gasteiger partial charge in [-0.3, -0.25) is 4.98 Å². The van der Waals surface area contributed by atoms with Gasteiger partial charge >= 0.3 is 6.09 Å². The zero-order valence-corrected chi connectivity index (χ0v) is 13.1. The van der Waals surface area contributed by atoms with E-state index < -0.39 is 6.09 Å². The Bertz CT molecular complexity index is 617. The van der Waals surface area contributed by atoms with E-state index in [1.54, 1.807) is 6.20 Å². The molecule has 2 aromatic rings.